The summed E-state index contributed by atoms with van der Waals surface area (Å²) in [5, 5.41) is 12.3. The minimum absolute atomic E-state index is 0.0937. The van der Waals surface area contributed by atoms with E-state index >= 15 is 0 Å². The van der Waals surface area contributed by atoms with Gasteiger partial charge in [-0.05, 0) is 50.1 Å². The molecule has 4 aliphatic rings. The summed E-state index contributed by atoms with van der Waals surface area (Å²) in [4.78, 5) is 51.5. The number of methoxy groups -OCH3 is 1. The van der Waals surface area contributed by atoms with Crippen molar-refractivity contribution in [2.24, 2.45) is 5.92 Å². The number of ether oxygens (including phenoxy) is 6. The number of rotatable bonds is 10. The smallest absolute Gasteiger partial charge is 0.348 e. The van der Waals surface area contributed by atoms with Crippen LogP contribution < -0.4 is 9.47 Å². The second-order valence-electron chi connectivity index (χ2n) is 11.7. The van der Waals surface area contributed by atoms with Crippen LogP contribution in [0.15, 0.2) is 24.0 Å². The van der Waals surface area contributed by atoms with Crippen LogP contribution in [0.5, 0.6) is 11.5 Å². The van der Waals surface area contributed by atoms with Gasteiger partial charge in [-0.1, -0.05) is 19.9 Å². The Morgan fingerprint density at radius 2 is 1.93 bits per heavy atom. The summed E-state index contributed by atoms with van der Waals surface area (Å²) in [6.07, 6.45) is -0.0577. The van der Waals surface area contributed by atoms with Crippen molar-refractivity contribution in [2.75, 3.05) is 33.9 Å². The summed E-state index contributed by atoms with van der Waals surface area (Å²) in [7, 11) is 3.54. The van der Waals surface area contributed by atoms with E-state index in [0.717, 1.165) is 18.1 Å². The molecule has 1 aromatic carbocycles. The molecule has 1 fully saturated rings. The molecule has 2 aliphatic heterocycles. The number of esters is 4. The fourth-order valence-electron chi connectivity index (χ4n) is 6.81. The molecule has 1 saturated heterocycles. The molecular weight excluding hydrogens is 550 g/mol. The van der Waals surface area contributed by atoms with E-state index in [1.54, 1.807) is 13.2 Å². The van der Waals surface area contributed by atoms with Crippen LogP contribution in [-0.2, 0) is 50.0 Å². The molecule has 1 N–H and O–H groups in total. The monoisotopic (exact) mass is 587 g/mol. The number of likely N-dealkylation sites (N-methyl/N-ethyl adjacent to an activating group) is 1. The lowest BCUT2D eigenvalue weighted by Crippen LogP contribution is -2.74. The molecule has 2 bridgehead atoms. The van der Waals surface area contributed by atoms with Crippen LogP contribution in [0.25, 0.3) is 0 Å². The van der Waals surface area contributed by atoms with Crippen molar-refractivity contribution in [2.45, 2.75) is 75.7 Å². The number of piperidine rings is 1. The lowest BCUT2D eigenvalue weighted by atomic mass is 9.50. The quantitative estimate of drug-likeness (QED) is 0.313. The van der Waals surface area contributed by atoms with Gasteiger partial charge in [-0.15, -0.1) is 0 Å². The van der Waals surface area contributed by atoms with E-state index in [1.807, 2.05) is 33.0 Å². The van der Waals surface area contributed by atoms with Gasteiger partial charge in [0.05, 0.1) is 31.2 Å². The molecule has 5 rings (SSSR count). The Labute approximate surface area is 243 Å². The van der Waals surface area contributed by atoms with E-state index in [4.69, 9.17) is 28.4 Å². The summed E-state index contributed by atoms with van der Waals surface area (Å²) >= 11 is 0. The van der Waals surface area contributed by atoms with E-state index in [0.29, 0.717) is 30.9 Å². The number of nitrogens with zero attached hydrogens (tertiary/aromatic N) is 1. The zero-order chi connectivity index (χ0) is 30.4. The molecule has 0 amide bonds. The number of benzene rings is 1. The number of likely N-dealkylation sites (tertiary alicyclic amines) is 1. The number of hydrogen-bond acceptors (Lipinski definition) is 12. The third-order valence-corrected chi connectivity index (χ3v) is 8.62. The molecule has 0 aromatic heterocycles. The SMILES string of the molecule is COc1ccc2c3c1O[C@H]1C(OC(=O)C[C@H](OC(C)=O)C(=O)OCC(=O)OCC(C)C)=CC[C@@]4(O)[C@@H](C2)N(C)CC[C@]314. The van der Waals surface area contributed by atoms with Crippen molar-refractivity contribution in [3.8, 4) is 11.5 Å². The summed E-state index contributed by atoms with van der Waals surface area (Å²) < 4.78 is 32.8. The average molecular weight is 588 g/mol. The first-order valence-corrected chi connectivity index (χ1v) is 14.1. The maximum absolute atomic E-state index is 13.2. The van der Waals surface area contributed by atoms with Gasteiger partial charge in [0.25, 0.3) is 0 Å². The Morgan fingerprint density at radius 3 is 2.62 bits per heavy atom. The molecular formula is C30H37NO11. The highest BCUT2D eigenvalue weighted by molar-refractivity contribution is 5.86. The van der Waals surface area contributed by atoms with Gasteiger partial charge in [-0.25, -0.2) is 9.59 Å². The Morgan fingerprint density at radius 1 is 1.17 bits per heavy atom. The maximum atomic E-state index is 13.2. The normalized spacial score (nSPS) is 27.6. The molecule has 2 heterocycles. The molecule has 5 atom stereocenters. The van der Waals surface area contributed by atoms with Gasteiger partial charge in [0.2, 0.25) is 6.10 Å². The highest BCUT2D eigenvalue weighted by atomic mass is 16.6. The number of carbonyl (C=O) groups excluding carboxylic acids is 4. The zero-order valence-electron chi connectivity index (χ0n) is 24.5. The predicted molar refractivity (Wildman–Crippen MR) is 144 cm³/mol. The Bertz CT molecular complexity index is 1320. The van der Waals surface area contributed by atoms with Crippen LogP contribution >= 0.6 is 0 Å². The van der Waals surface area contributed by atoms with Gasteiger partial charge < -0.3 is 38.4 Å². The van der Waals surface area contributed by atoms with Crippen LogP contribution in [0.3, 0.4) is 0 Å². The van der Waals surface area contributed by atoms with Crippen LogP contribution in [-0.4, -0.2) is 91.7 Å². The van der Waals surface area contributed by atoms with Crippen LogP contribution in [0.4, 0.5) is 0 Å². The third kappa shape index (κ3) is 4.90. The molecule has 0 radical (unpaired) electrons. The van der Waals surface area contributed by atoms with E-state index in [2.05, 4.69) is 4.90 Å². The molecule has 1 aromatic rings. The first-order valence-electron chi connectivity index (χ1n) is 14.1. The fourth-order valence-corrected chi connectivity index (χ4v) is 6.81. The Balaban J connectivity index is 1.35. The van der Waals surface area contributed by atoms with Gasteiger partial charge in [0.1, 0.15) is 5.76 Å². The molecule has 42 heavy (non-hydrogen) atoms. The van der Waals surface area contributed by atoms with Crippen molar-refractivity contribution in [1.82, 2.24) is 4.90 Å². The first kappa shape index (κ1) is 29.8. The molecule has 12 nitrogen and oxygen atoms in total. The van der Waals surface area contributed by atoms with Gasteiger partial charge in [-0.2, -0.15) is 0 Å². The van der Waals surface area contributed by atoms with Crippen molar-refractivity contribution in [1.29, 1.82) is 0 Å². The standard InChI is InChI=1S/C30H37NO11/c1-16(2)14-38-24(34)15-39-28(35)21(40-17(3)32)13-23(33)41-20-8-9-30(36)22-12-18-6-7-19(37-5)26-25(18)29(30,27(20)42-26)10-11-31(22)4/h6-8,16,21-22,27,36H,9-15H2,1-5H3/t21-,22+,27-,29-,30+/m0/s1. The van der Waals surface area contributed by atoms with Crippen molar-refractivity contribution in [3.63, 3.8) is 0 Å². The molecule has 1 spiro atoms. The van der Waals surface area contributed by atoms with E-state index in [9.17, 15) is 24.3 Å². The minimum atomic E-state index is -1.64. The fraction of sp³-hybridized carbons (Fsp3) is 0.600. The second kappa shape index (κ2) is 11.2. The maximum Gasteiger partial charge on any atom is 0.348 e. The van der Waals surface area contributed by atoms with Gasteiger partial charge in [0.15, 0.2) is 24.2 Å². The number of carbonyl (C=O) groups is 4. The van der Waals surface area contributed by atoms with Gasteiger partial charge in [-0.3, -0.25) is 9.59 Å². The molecule has 2 aliphatic carbocycles. The van der Waals surface area contributed by atoms with E-state index in [-0.39, 0.29) is 30.7 Å². The molecule has 228 valence electrons. The molecule has 12 heteroatoms. The molecule has 0 saturated carbocycles. The van der Waals surface area contributed by atoms with Gasteiger partial charge in [0, 0.05) is 24.9 Å². The van der Waals surface area contributed by atoms with Crippen LogP contribution in [0, 0.1) is 5.92 Å². The lowest BCUT2D eigenvalue weighted by Gasteiger charge is -2.61. The average Bonchev–Trinajstić information content (AvgIpc) is 3.29. The Kier molecular flexibility index (Phi) is 7.97. The Hall–Kier alpha value is -3.64. The predicted octanol–water partition coefficient (Wildman–Crippen LogP) is 1.58. The van der Waals surface area contributed by atoms with Crippen LogP contribution in [0.2, 0.25) is 0 Å². The van der Waals surface area contributed by atoms with Gasteiger partial charge >= 0.3 is 23.9 Å². The zero-order valence-corrected chi connectivity index (χ0v) is 24.5. The summed E-state index contributed by atoms with van der Waals surface area (Å²) in [5.41, 5.74) is -0.131. The highest BCUT2D eigenvalue weighted by Crippen LogP contribution is 2.65. The minimum Gasteiger partial charge on any atom is -0.493 e. The lowest BCUT2D eigenvalue weighted by molar-refractivity contribution is -0.176. The van der Waals surface area contributed by atoms with Crippen LogP contribution in [0.1, 0.15) is 51.2 Å². The number of aliphatic hydroxyl groups is 1. The largest absolute Gasteiger partial charge is 0.493 e. The number of hydrogen-bond donors (Lipinski definition) is 1. The van der Waals surface area contributed by atoms with E-state index in [1.165, 1.54) is 0 Å². The summed E-state index contributed by atoms with van der Waals surface area (Å²) in [5.74, 6) is -2.20. The summed E-state index contributed by atoms with van der Waals surface area (Å²) in [6, 6.07) is 3.66. The van der Waals surface area contributed by atoms with Crippen molar-refractivity contribution < 1.29 is 52.7 Å². The second-order valence-corrected chi connectivity index (χ2v) is 11.7. The summed E-state index contributed by atoms with van der Waals surface area (Å²) in [6.45, 7) is 4.95. The van der Waals surface area contributed by atoms with Crippen molar-refractivity contribution >= 4 is 23.9 Å². The van der Waals surface area contributed by atoms with Crippen molar-refractivity contribution in [3.05, 3.63) is 35.1 Å². The molecule has 0 unspecified atom stereocenters. The first-order chi connectivity index (χ1) is 19.9. The topological polar surface area (TPSA) is 147 Å². The van der Waals surface area contributed by atoms with E-state index < -0.39 is 60.1 Å². The third-order valence-electron chi connectivity index (χ3n) is 8.62. The highest BCUT2D eigenvalue weighted by Gasteiger charge is 2.72.